The quantitative estimate of drug-likeness (QED) is 0.606. The molecule has 1 aliphatic carbocycles. The summed E-state index contributed by atoms with van der Waals surface area (Å²) in [6.45, 7) is 2.09. The van der Waals surface area contributed by atoms with Gasteiger partial charge in [0.1, 0.15) is 0 Å². The molecule has 1 fully saturated rings. The number of carbonyl (C=O) groups is 1. The lowest BCUT2D eigenvalue weighted by Gasteiger charge is -2.18. The van der Waals surface area contributed by atoms with Crippen LogP contribution in [0.25, 0.3) is 0 Å². The van der Waals surface area contributed by atoms with Crippen molar-refractivity contribution in [3.63, 3.8) is 0 Å². The highest BCUT2D eigenvalue weighted by atomic mass is 16.5. The van der Waals surface area contributed by atoms with Crippen molar-refractivity contribution in [2.75, 3.05) is 6.61 Å². The zero-order valence-corrected chi connectivity index (χ0v) is 6.80. The maximum absolute atomic E-state index is 11.1. The van der Waals surface area contributed by atoms with Crippen molar-refractivity contribution < 1.29 is 14.6 Å². The summed E-state index contributed by atoms with van der Waals surface area (Å²) in [6.07, 6.45) is 2.97. The summed E-state index contributed by atoms with van der Waals surface area (Å²) in [5.74, 6) is -0.447. The minimum Gasteiger partial charge on any atom is -0.464 e. The summed E-state index contributed by atoms with van der Waals surface area (Å²) in [7, 11) is 0. The van der Waals surface area contributed by atoms with Gasteiger partial charge < -0.3 is 9.84 Å². The van der Waals surface area contributed by atoms with Gasteiger partial charge in [-0.25, -0.2) is 4.79 Å². The SMILES string of the molecule is CCOC(=O)C1(O)CCCC1. The van der Waals surface area contributed by atoms with Gasteiger partial charge in [-0.1, -0.05) is 0 Å². The monoisotopic (exact) mass is 158 g/mol. The second-order valence-electron chi connectivity index (χ2n) is 2.96. The summed E-state index contributed by atoms with van der Waals surface area (Å²) in [6, 6.07) is 0. The molecule has 0 aromatic rings. The molecule has 0 amide bonds. The second-order valence-corrected chi connectivity index (χ2v) is 2.96. The first-order valence-corrected chi connectivity index (χ1v) is 4.08. The summed E-state index contributed by atoms with van der Waals surface area (Å²) >= 11 is 0. The van der Waals surface area contributed by atoms with Crippen LogP contribution < -0.4 is 0 Å². The van der Waals surface area contributed by atoms with E-state index in [2.05, 4.69) is 0 Å². The molecule has 11 heavy (non-hydrogen) atoms. The molecule has 0 aromatic heterocycles. The Bertz CT molecular complexity index is 147. The van der Waals surface area contributed by atoms with Crippen LogP contribution in [0.5, 0.6) is 0 Å². The molecule has 0 atom stereocenters. The number of hydrogen-bond acceptors (Lipinski definition) is 3. The molecule has 3 heteroatoms. The predicted octanol–water partition coefficient (Wildman–Crippen LogP) is 0.855. The molecule has 0 aromatic carbocycles. The smallest absolute Gasteiger partial charge is 0.338 e. The van der Waals surface area contributed by atoms with Crippen molar-refractivity contribution in [2.24, 2.45) is 0 Å². The molecule has 0 radical (unpaired) electrons. The first kappa shape index (κ1) is 8.53. The van der Waals surface area contributed by atoms with E-state index in [1.54, 1.807) is 6.92 Å². The molecule has 1 aliphatic rings. The van der Waals surface area contributed by atoms with Crippen LogP contribution in [0.15, 0.2) is 0 Å². The van der Waals surface area contributed by atoms with Crippen molar-refractivity contribution in [3.8, 4) is 0 Å². The largest absolute Gasteiger partial charge is 0.464 e. The predicted molar refractivity (Wildman–Crippen MR) is 40.1 cm³/mol. The summed E-state index contributed by atoms with van der Waals surface area (Å²) in [4.78, 5) is 11.1. The maximum Gasteiger partial charge on any atom is 0.338 e. The van der Waals surface area contributed by atoms with Gasteiger partial charge in [0.2, 0.25) is 0 Å². The second kappa shape index (κ2) is 3.22. The standard InChI is InChI=1S/C8H14O3/c1-2-11-7(9)8(10)5-3-4-6-8/h10H,2-6H2,1H3. The van der Waals surface area contributed by atoms with Gasteiger partial charge in [-0.2, -0.15) is 0 Å². The first-order valence-electron chi connectivity index (χ1n) is 4.08. The van der Waals surface area contributed by atoms with Gasteiger partial charge >= 0.3 is 5.97 Å². The van der Waals surface area contributed by atoms with Crippen LogP contribution in [-0.2, 0) is 9.53 Å². The van der Waals surface area contributed by atoms with Gasteiger partial charge in [-0.3, -0.25) is 0 Å². The Hall–Kier alpha value is -0.570. The average Bonchev–Trinajstić information content (AvgIpc) is 2.38. The van der Waals surface area contributed by atoms with Crippen molar-refractivity contribution >= 4 is 5.97 Å². The molecule has 3 nitrogen and oxygen atoms in total. The van der Waals surface area contributed by atoms with Crippen LogP contribution in [0.1, 0.15) is 32.6 Å². The average molecular weight is 158 g/mol. The summed E-state index contributed by atoms with van der Waals surface area (Å²) < 4.78 is 4.74. The normalized spacial score (nSPS) is 21.6. The Morgan fingerprint density at radius 2 is 2.09 bits per heavy atom. The highest BCUT2D eigenvalue weighted by Gasteiger charge is 2.40. The topological polar surface area (TPSA) is 46.5 Å². The molecule has 0 unspecified atom stereocenters. The van der Waals surface area contributed by atoms with Crippen LogP contribution in [0, 0.1) is 0 Å². The fraction of sp³-hybridized carbons (Fsp3) is 0.875. The number of ether oxygens (including phenoxy) is 1. The number of esters is 1. The third-order valence-corrected chi connectivity index (χ3v) is 2.09. The number of aliphatic hydroxyl groups is 1. The molecular weight excluding hydrogens is 144 g/mol. The van der Waals surface area contributed by atoms with E-state index in [0.717, 1.165) is 12.8 Å². The minimum atomic E-state index is -1.16. The van der Waals surface area contributed by atoms with Gasteiger partial charge in [0.25, 0.3) is 0 Å². The van der Waals surface area contributed by atoms with Crippen LogP contribution in [0.3, 0.4) is 0 Å². The molecule has 1 saturated carbocycles. The maximum atomic E-state index is 11.1. The highest BCUT2D eigenvalue weighted by Crippen LogP contribution is 2.30. The van der Waals surface area contributed by atoms with Crippen LogP contribution >= 0.6 is 0 Å². The fourth-order valence-corrected chi connectivity index (χ4v) is 1.43. The lowest BCUT2D eigenvalue weighted by Crippen LogP contribution is -2.36. The molecular formula is C8H14O3. The van der Waals surface area contributed by atoms with E-state index in [1.807, 2.05) is 0 Å². The van der Waals surface area contributed by atoms with Crippen molar-refractivity contribution in [1.82, 2.24) is 0 Å². The Kier molecular flexibility index (Phi) is 2.49. The van der Waals surface area contributed by atoms with Crippen LogP contribution in [0.2, 0.25) is 0 Å². The molecule has 0 bridgehead atoms. The van der Waals surface area contributed by atoms with E-state index in [0.29, 0.717) is 19.4 Å². The molecule has 64 valence electrons. The van der Waals surface area contributed by atoms with E-state index in [9.17, 15) is 9.90 Å². The molecule has 0 saturated heterocycles. The van der Waals surface area contributed by atoms with Gasteiger partial charge in [0.05, 0.1) is 6.61 Å². The number of rotatable bonds is 2. The van der Waals surface area contributed by atoms with Crippen molar-refractivity contribution in [3.05, 3.63) is 0 Å². The fourth-order valence-electron chi connectivity index (χ4n) is 1.43. The molecule has 0 spiro atoms. The lowest BCUT2D eigenvalue weighted by atomic mass is 10.0. The molecule has 0 aliphatic heterocycles. The molecule has 1 N–H and O–H groups in total. The van der Waals surface area contributed by atoms with E-state index < -0.39 is 11.6 Å². The van der Waals surface area contributed by atoms with Gasteiger partial charge in [0.15, 0.2) is 5.60 Å². The highest BCUT2D eigenvalue weighted by molar-refractivity contribution is 5.79. The van der Waals surface area contributed by atoms with Gasteiger partial charge in [-0.15, -0.1) is 0 Å². The Morgan fingerprint density at radius 1 is 1.55 bits per heavy atom. The third-order valence-electron chi connectivity index (χ3n) is 2.09. The Balaban J connectivity index is 2.49. The van der Waals surface area contributed by atoms with Gasteiger partial charge in [-0.05, 0) is 32.6 Å². The Labute approximate surface area is 66.4 Å². The Morgan fingerprint density at radius 3 is 2.55 bits per heavy atom. The van der Waals surface area contributed by atoms with E-state index >= 15 is 0 Å². The van der Waals surface area contributed by atoms with E-state index in [1.165, 1.54) is 0 Å². The van der Waals surface area contributed by atoms with Crippen molar-refractivity contribution in [1.29, 1.82) is 0 Å². The summed E-state index contributed by atoms with van der Waals surface area (Å²) in [5.41, 5.74) is -1.16. The summed E-state index contributed by atoms with van der Waals surface area (Å²) in [5, 5.41) is 9.62. The molecule has 1 rings (SSSR count). The number of hydrogen-bond donors (Lipinski definition) is 1. The van der Waals surface area contributed by atoms with Crippen molar-refractivity contribution in [2.45, 2.75) is 38.2 Å². The molecule has 0 heterocycles. The number of carbonyl (C=O) groups excluding carboxylic acids is 1. The zero-order valence-electron chi connectivity index (χ0n) is 6.80. The van der Waals surface area contributed by atoms with Crippen LogP contribution in [0.4, 0.5) is 0 Å². The zero-order chi connectivity index (χ0) is 8.32. The minimum absolute atomic E-state index is 0.348. The van der Waals surface area contributed by atoms with Gasteiger partial charge in [0, 0.05) is 0 Å². The van der Waals surface area contributed by atoms with E-state index in [-0.39, 0.29) is 0 Å². The van der Waals surface area contributed by atoms with E-state index in [4.69, 9.17) is 4.74 Å². The lowest BCUT2D eigenvalue weighted by molar-refractivity contribution is -0.164. The first-order chi connectivity index (χ1) is 5.19. The third kappa shape index (κ3) is 1.71. The van der Waals surface area contributed by atoms with Crippen LogP contribution in [-0.4, -0.2) is 23.3 Å².